The molecule has 1 atom stereocenters. The highest BCUT2D eigenvalue weighted by atomic mass is 16.5. The average Bonchev–Trinajstić information content (AvgIpc) is 2.39. The van der Waals surface area contributed by atoms with E-state index in [0.717, 1.165) is 0 Å². The van der Waals surface area contributed by atoms with Crippen molar-refractivity contribution < 1.29 is 14.3 Å². The van der Waals surface area contributed by atoms with Crippen molar-refractivity contribution in [1.82, 2.24) is 5.32 Å². The second-order valence-corrected chi connectivity index (χ2v) is 5.30. The van der Waals surface area contributed by atoms with E-state index in [-0.39, 0.29) is 24.5 Å². The summed E-state index contributed by atoms with van der Waals surface area (Å²) in [7, 11) is 0. The summed E-state index contributed by atoms with van der Waals surface area (Å²) < 4.78 is 5.28. The SMILES string of the molecule is CC(C)NC(=O)C(C)Nc1cc2c(cc1N)OCC(=O)N2. The number of benzene rings is 1. The van der Waals surface area contributed by atoms with Gasteiger partial charge in [0.05, 0.1) is 17.1 Å². The zero-order valence-electron chi connectivity index (χ0n) is 12.3. The Labute approximate surface area is 123 Å². The highest BCUT2D eigenvalue weighted by Crippen LogP contribution is 2.35. The van der Waals surface area contributed by atoms with Crippen LogP contribution in [0.15, 0.2) is 12.1 Å². The molecular weight excluding hydrogens is 272 g/mol. The third-order valence-corrected chi connectivity index (χ3v) is 2.98. The van der Waals surface area contributed by atoms with E-state index in [2.05, 4.69) is 16.0 Å². The Morgan fingerprint density at radius 1 is 1.38 bits per heavy atom. The van der Waals surface area contributed by atoms with Crippen LogP contribution in [0.2, 0.25) is 0 Å². The predicted octanol–water partition coefficient (Wildman–Crippen LogP) is 0.925. The molecule has 0 spiro atoms. The van der Waals surface area contributed by atoms with Crippen LogP contribution in [0.3, 0.4) is 0 Å². The van der Waals surface area contributed by atoms with Gasteiger partial charge in [0.1, 0.15) is 11.8 Å². The highest BCUT2D eigenvalue weighted by Gasteiger charge is 2.20. The second kappa shape index (κ2) is 5.90. The quantitative estimate of drug-likeness (QED) is 0.618. The number of carbonyl (C=O) groups excluding carboxylic acids is 2. The summed E-state index contributed by atoms with van der Waals surface area (Å²) in [4.78, 5) is 23.2. The third-order valence-electron chi connectivity index (χ3n) is 2.98. The molecule has 0 radical (unpaired) electrons. The van der Waals surface area contributed by atoms with Gasteiger partial charge in [-0.15, -0.1) is 0 Å². The maximum atomic E-state index is 11.9. The topological polar surface area (TPSA) is 105 Å². The fourth-order valence-electron chi connectivity index (χ4n) is 1.98. The van der Waals surface area contributed by atoms with Crippen LogP contribution in [0.5, 0.6) is 5.75 Å². The van der Waals surface area contributed by atoms with Gasteiger partial charge < -0.3 is 26.4 Å². The van der Waals surface area contributed by atoms with Crippen molar-refractivity contribution in [3.63, 3.8) is 0 Å². The monoisotopic (exact) mass is 292 g/mol. The van der Waals surface area contributed by atoms with E-state index in [1.807, 2.05) is 13.8 Å². The number of rotatable bonds is 4. The first-order valence-electron chi connectivity index (χ1n) is 6.80. The molecule has 0 saturated heterocycles. The summed E-state index contributed by atoms with van der Waals surface area (Å²) in [5, 5.41) is 8.55. The number of nitrogen functional groups attached to an aromatic ring is 1. The van der Waals surface area contributed by atoms with Gasteiger partial charge in [0.25, 0.3) is 5.91 Å². The summed E-state index contributed by atoms with van der Waals surface area (Å²) in [6.45, 7) is 5.51. The van der Waals surface area contributed by atoms with Gasteiger partial charge in [-0.25, -0.2) is 0 Å². The number of hydrogen-bond donors (Lipinski definition) is 4. The fraction of sp³-hybridized carbons (Fsp3) is 0.429. The van der Waals surface area contributed by atoms with E-state index in [1.165, 1.54) is 0 Å². The molecule has 0 bridgehead atoms. The molecule has 5 N–H and O–H groups in total. The Morgan fingerprint density at radius 2 is 2.10 bits per heavy atom. The molecule has 0 fully saturated rings. The summed E-state index contributed by atoms with van der Waals surface area (Å²) in [6.07, 6.45) is 0. The van der Waals surface area contributed by atoms with Crippen LogP contribution in [-0.2, 0) is 9.59 Å². The van der Waals surface area contributed by atoms with Gasteiger partial charge in [0, 0.05) is 12.1 Å². The molecule has 0 aromatic heterocycles. The molecular formula is C14H20N4O3. The minimum atomic E-state index is -0.451. The number of hydrogen-bond acceptors (Lipinski definition) is 5. The first-order valence-corrected chi connectivity index (χ1v) is 6.80. The predicted molar refractivity (Wildman–Crippen MR) is 81.3 cm³/mol. The van der Waals surface area contributed by atoms with Crippen LogP contribution >= 0.6 is 0 Å². The standard InChI is InChI=1S/C14H20N4O3/c1-7(2)16-14(20)8(3)17-10-5-11-12(4-9(10)15)21-6-13(19)18-11/h4-5,7-8,17H,6,15H2,1-3H3,(H,16,20)(H,18,19). The molecule has 1 aromatic rings. The molecule has 1 aliphatic heterocycles. The van der Waals surface area contributed by atoms with Gasteiger partial charge in [-0.2, -0.15) is 0 Å². The number of nitrogens with one attached hydrogen (secondary N) is 3. The molecule has 21 heavy (non-hydrogen) atoms. The van der Waals surface area contributed by atoms with Crippen molar-refractivity contribution in [2.24, 2.45) is 0 Å². The maximum absolute atomic E-state index is 11.9. The van der Waals surface area contributed by atoms with E-state index in [1.54, 1.807) is 19.1 Å². The van der Waals surface area contributed by atoms with Crippen molar-refractivity contribution >= 4 is 28.9 Å². The summed E-state index contributed by atoms with van der Waals surface area (Å²) in [5.41, 5.74) is 7.51. The Kier molecular flexibility index (Phi) is 4.21. The van der Waals surface area contributed by atoms with E-state index < -0.39 is 6.04 Å². The van der Waals surface area contributed by atoms with Gasteiger partial charge >= 0.3 is 0 Å². The van der Waals surface area contributed by atoms with Crippen molar-refractivity contribution in [3.8, 4) is 5.75 Å². The normalized spacial score (nSPS) is 14.8. The maximum Gasteiger partial charge on any atom is 0.262 e. The lowest BCUT2D eigenvalue weighted by Gasteiger charge is -2.22. The molecule has 1 heterocycles. The fourth-order valence-corrected chi connectivity index (χ4v) is 1.98. The van der Waals surface area contributed by atoms with Gasteiger partial charge in [-0.1, -0.05) is 0 Å². The third kappa shape index (κ3) is 3.56. The lowest BCUT2D eigenvalue weighted by molar-refractivity contribution is -0.122. The van der Waals surface area contributed by atoms with Crippen molar-refractivity contribution in [1.29, 1.82) is 0 Å². The molecule has 7 heteroatoms. The van der Waals surface area contributed by atoms with Gasteiger partial charge in [0.15, 0.2) is 6.61 Å². The Morgan fingerprint density at radius 3 is 2.76 bits per heavy atom. The van der Waals surface area contributed by atoms with Crippen molar-refractivity contribution in [2.45, 2.75) is 32.9 Å². The lowest BCUT2D eigenvalue weighted by atomic mass is 10.1. The molecule has 1 unspecified atom stereocenters. The summed E-state index contributed by atoms with van der Waals surface area (Å²) >= 11 is 0. The van der Waals surface area contributed by atoms with Gasteiger partial charge in [-0.3, -0.25) is 9.59 Å². The van der Waals surface area contributed by atoms with Crippen LogP contribution in [0.1, 0.15) is 20.8 Å². The van der Waals surface area contributed by atoms with Crippen LogP contribution in [-0.4, -0.2) is 30.5 Å². The smallest absolute Gasteiger partial charge is 0.262 e. The number of anilines is 3. The van der Waals surface area contributed by atoms with Crippen LogP contribution in [0.25, 0.3) is 0 Å². The van der Waals surface area contributed by atoms with Crippen molar-refractivity contribution in [3.05, 3.63) is 12.1 Å². The molecule has 1 aliphatic rings. The number of ether oxygens (including phenoxy) is 1. The molecule has 0 aliphatic carbocycles. The first-order chi connectivity index (χ1) is 9.86. The Bertz CT molecular complexity index is 572. The minimum absolute atomic E-state index is 0.0214. The lowest BCUT2D eigenvalue weighted by Crippen LogP contribution is -2.41. The van der Waals surface area contributed by atoms with E-state index in [0.29, 0.717) is 22.8 Å². The van der Waals surface area contributed by atoms with Crippen molar-refractivity contribution in [2.75, 3.05) is 23.0 Å². The van der Waals surface area contributed by atoms with Crippen LogP contribution in [0.4, 0.5) is 17.1 Å². The van der Waals surface area contributed by atoms with Crippen LogP contribution in [0, 0.1) is 0 Å². The number of nitrogens with two attached hydrogens (primary N) is 1. The van der Waals surface area contributed by atoms with Gasteiger partial charge in [-0.05, 0) is 26.8 Å². The Balaban J connectivity index is 2.15. The number of amides is 2. The second-order valence-electron chi connectivity index (χ2n) is 5.30. The molecule has 2 rings (SSSR count). The highest BCUT2D eigenvalue weighted by molar-refractivity contribution is 5.97. The summed E-state index contributed by atoms with van der Waals surface area (Å²) in [6, 6.07) is 2.91. The van der Waals surface area contributed by atoms with Gasteiger partial charge in [0.2, 0.25) is 5.91 Å². The molecule has 2 amide bonds. The number of fused-ring (bicyclic) bond motifs is 1. The summed E-state index contributed by atoms with van der Waals surface area (Å²) in [5.74, 6) is 0.183. The number of carbonyl (C=O) groups is 2. The molecule has 114 valence electrons. The first kappa shape index (κ1) is 15.0. The Hall–Kier alpha value is -2.44. The van der Waals surface area contributed by atoms with Crippen LogP contribution < -0.4 is 26.4 Å². The zero-order valence-corrected chi connectivity index (χ0v) is 12.3. The average molecular weight is 292 g/mol. The molecule has 0 saturated carbocycles. The van der Waals surface area contributed by atoms with E-state index >= 15 is 0 Å². The zero-order chi connectivity index (χ0) is 15.6. The molecule has 1 aromatic carbocycles. The minimum Gasteiger partial charge on any atom is -0.482 e. The van der Waals surface area contributed by atoms with E-state index in [4.69, 9.17) is 10.5 Å². The van der Waals surface area contributed by atoms with E-state index in [9.17, 15) is 9.59 Å². The molecule has 7 nitrogen and oxygen atoms in total. The largest absolute Gasteiger partial charge is 0.482 e.